The number of hydrogen-bond acceptors (Lipinski definition) is 1. The number of benzene rings is 3. The summed E-state index contributed by atoms with van der Waals surface area (Å²) in [6.45, 7) is 4.37. The maximum Gasteiger partial charge on any atom is 0.224 e. The van der Waals surface area contributed by atoms with Crippen molar-refractivity contribution in [2.45, 2.75) is 32.6 Å². The molecule has 0 saturated heterocycles. The zero-order valence-electron chi connectivity index (χ0n) is 14.3. The number of rotatable bonds is 5. The van der Waals surface area contributed by atoms with Gasteiger partial charge in [0.15, 0.2) is 0 Å². The first-order valence-electron chi connectivity index (χ1n) is 8.50. The van der Waals surface area contributed by atoms with Gasteiger partial charge in [0.1, 0.15) is 0 Å². The predicted octanol–water partition coefficient (Wildman–Crippen LogP) is 5.53. The molecule has 24 heavy (non-hydrogen) atoms. The molecule has 3 aromatic rings. The SMILES string of the molecule is CC(C)c1ccc(CCC(=O)Nc2cccc3ccccc23)cc1. The van der Waals surface area contributed by atoms with Crippen LogP contribution in [-0.2, 0) is 11.2 Å². The van der Waals surface area contributed by atoms with E-state index in [1.54, 1.807) is 0 Å². The standard InChI is InChI=1S/C22H23NO/c1-16(2)18-13-10-17(11-14-18)12-15-22(24)23-21-9-5-7-19-6-3-4-8-20(19)21/h3-11,13-14,16H,12,15H2,1-2H3,(H,23,24). The summed E-state index contributed by atoms with van der Waals surface area (Å²) in [5.41, 5.74) is 3.42. The molecule has 1 amide bonds. The van der Waals surface area contributed by atoms with E-state index in [1.807, 2.05) is 30.3 Å². The number of amides is 1. The maximum absolute atomic E-state index is 12.3. The molecule has 0 saturated carbocycles. The minimum absolute atomic E-state index is 0.0549. The molecule has 0 spiro atoms. The van der Waals surface area contributed by atoms with E-state index in [0.29, 0.717) is 12.3 Å². The number of aryl methyl sites for hydroxylation is 1. The molecular formula is C22H23NO. The number of carbonyl (C=O) groups excluding carboxylic acids is 1. The van der Waals surface area contributed by atoms with Crippen molar-refractivity contribution < 1.29 is 4.79 Å². The quantitative estimate of drug-likeness (QED) is 0.658. The van der Waals surface area contributed by atoms with Crippen molar-refractivity contribution in [3.05, 3.63) is 77.9 Å². The monoisotopic (exact) mass is 317 g/mol. The summed E-state index contributed by atoms with van der Waals surface area (Å²) >= 11 is 0. The average molecular weight is 317 g/mol. The van der Waals surface area contributed by atoms with Crippen LogP contribution in [0.15, 0.2) is 66.7 Å². The molecule has 0 aliphatic carbocycles. The molecular weight excluding hydrogens is 294 g/mol. The molecule has 0 aromatic heterocycles. The van der Waals surface area contributed by atoms with Crippen molar-refractivity contribution in [1.29, 1.82) is 0 Å². The second kappa shape index (κ2) is 7.31. The lowest BCUT2D eigenvalue weighted by Crippen LogP contribution is -2.12. The lowest BCUT2D eigenvalue weighted by molar-refractivity contribution is -0.116. The zero-order valence-corrected chi connectivity index (χ0v) is 14.3. The van der Waals surface area contributed by atoms with Crippen LogP contribution >= 0.6 is 0 Å². The number of anilines is 1. The summed E-state index contributed by atoms with van der Waals surface area (Å²) < 4.78 is 0. The summed E-state index contributed by atoms with van der Waals surface area (Å²) in [7, 11) is 0. The van der Waals surface area contributed by atoms with Gasteiger partial charge >= 0.3 is 0 Å². The van der Waals surface area contributed by atoms with Gasteiger partial charge in [0.2, 0.25) is 5.91 Å². The van der Waals surface area contributed by atoms with E-state index in [-0.39, 0.29) is 5.91 Å². The van der Waals surface area contributed by atoms with Crippen LogP contribution in [0.5, 0.6) is 0 Å². The van der Waals surface area contributed by atoms with Gasteiger partial charge in [0, 0.05) is 17.5 Å². The Kier molecular flexibility index (Phi) is 4.95. The first kappa shape index (κ1) is 16.3. The van der Waals surface area contributed by atoms with Crippen molar-refractivity contribution >= 4 is 22.4 Å². The Morgan fingerprint density at radius 1 is 0.917 bits per heavy atom. The molecule has 2 nitrogen and oxygen atoms in total. The van der Waals surface area contributed by atoms with Crippen molar-refractivity contribution in [3.8, 4) is 0 Å². The van der Waals surface area contributed by atoms with E-state index in [9.17, 15) is 4.79 Å². The van der Waals surface area contributed by atoms with Crippen LogP contribution in [0.25, 0.3) is 10.8 Å². The van der Waals surface area contributed by atoms with Crippen molar-refractivity contribution in [3.63, 3.8) is 0 Å². The Hall–Kier alpha value is -2.61. The minimum Gasteiger partial charge on any atom is -0.326 e. The third kappa shape index (κ3) is 3.83. The maximum atomic E-state index is 12.3. The van der Waals surface area contributed by atoms with Crippen molar-refractivity contribution in [1.82, 2.24) is 0 Å². The molecule has 122 valence electrons. The minimum atomic E-state index is 0.0549. The fourth-order valence-electron chi connectivity index (χ4n) is 2.87. The van der Waals surface area contributed by atoms with Crippen LogP contribution in [0.3, 0.4) is 0 Å². The van der Waals surface area contributed by atoms with E-state index in [2.05, 4.69) is 55.6 Å². The molecule has 0 atom stereocenters. The molecule has 3 aromatic carbocycles. The highest BCUT2D eigenvalue weighted by atomic mass is 16.1. The molecule has 0 fully saturated rings. The molecule has 0 unspecified atom stereocenters. The number of nitrogens with one attached hydrogen (secondary N) is 1. The Morgan fingerprint density at radius 3 is 2.38 bits per heavy atom. The van der Waals surface area contributed by atoms with Gasteiger partial charge in [-0.2, -0.15) is 0 Å². The highest BCUT2D eigenvalue weighted by Gasteiger charge is 2.06. The Morgan fingerprint density at radius 2 is 1.62 bits per heavy atom. The van der Waals surface area contributed by atoms with Gasteiger partial charge in [-0.15, -0.1) is 0 Å². The molecule has 3 rings (SSSR count). The number of fused-ring (bicyclic) bond motifs is 1. The summed E-state index contributed by atoms with van der Waals surface area (Å²) in [6, 6.07) is 22.6. The number of carbonyl (C=O) groups is 1. The van der Waals surface area contributed by atoms with Crippen molar-refractivity contribution in [2.24, 2.45) is 0 Å². The van der Waals surface area contributed by atoms with E-state index in [1.165, 1.54) is 11.1 Å². The first-order chi connectivity index (χ1) is 11.6. The molecule has 2 heteroatoms. The van der Waals surface area contributed by atoms with Crippen LogP contribution in [0.2, 0.25) is 0 Å². The molecule has 0 bridgehead atoms. The third-order valence-corrected chi connectivity index (χ3v) is 4.35. The van der Waals surface area contributed by atoms with Crippen molar-refractivity contribution in [2.75, 3.05) is 5.32 Å². The van der Waals surface area contributed by atoms with Gasteiger partial charge in [-0.05, 0) is 34.9 Å². The zero-order chi connectivity index (χ0) is 16.9. The largest absolute Gasteiger partial charge is 0.326 e. The van der Waals surface area contributed by atoms with Crippen LogP contribution in [0.4, 0.5) is 5.69 Å². The lowest BCUT2D eigenvalue weighted by Gasteiger charge is -2.09. The summed E-state index contributed by atoms with van der Waals surface area (Å²) in [6.07, 6.45) is 1.25. The van der Waals surface area contributed by atoms with E-state index >= 15 is 0 Å². The molecule has 1 N–H and O–H groups in total. The van der Waals surface area contributed by atoms with Crippen LogP contribution in [0.1, 0.15) is 37.3 Å². The fraction of sp³-hybridized carbons (Fsp3) is 0.227. The summed E-state index contributed by atoms with van der Waals surface area (Å²) in [4.78, 5) is 12.3. The molecule has 0 heterocycles. The highest BCUT2D eigenvalue weighted by Crippen LogP contribution is 2.23. The smallest absolute Gasteiger partial charge is 0.224 e. The first-order valence-corrected chi connectivity index (χ1v) is 8.50. The molecule has 0 aliphatic heterocycles. The Labute approximate surface area is 143 Å². The topological polar surface area (TPSA) is 29.1 Å². The Bertz CT molecular complexity index is 829. The third-order valence-electron chi connectivity index (χ3n) is 4.35. The summed E-state index contributed by atoms with van der Waals surface area (Å²) in [5, 5.41) is 5.26. The average Bonchev–Trinajstić information content (AvgIpc) is 2.61. The number of hydrogen-bond donors (Lipinski definition) is 1. The van der Waals surface area contributed by atoms with Gasteiger partial charge in [0.25, 0.3) is 0 Å². The Balaban J connectivity index is 1.63. The van der Waals surface area contributed by atoms with Gasteiger partial charge in [-0.25, -0.2) is 0 Å². The van der Waals surface area contributed by atoms with Gasteiger partial charge in [-0.3, -0.25) is 4.79 Å². The summed E-state index contributed by atoms with van der Waals surface area (Å²) in [5.74, 6) is 0.591. The lowest BCUT2D eigenvalue weighted by atomic mass is 10.0. The molecule has 0 radical (unpaired) electrons. The van der Waals surface area contributed by atoms with E-state index < -0.39 is 0 Å². The van der Waals surface area contributed by atoms with Crippen LogP contribution < -0.4 is 5.32 Å². The second-order valence-corrected chi connectivity index (χ2v) is 6.47. The van der Waals surface area contributed by atoms with Crippen LogP contribution in [0, 0.1) is 0 Å². The van der Waals surface area contributed by atoms with Gasteiger partial charge in [-0.1, -0.05) is 74.5 Å². The van der Waals surface area contributed by atoms with Gasteiger partial charge < -0.3 is 5.32 Å². The second-order valence-electron chi connectivity index (χ2n) is 6.47. The normalized spacial score (nSPS) is 11.0. The van der Waals surface area contributed by atoms with Crippen LogP contribution in [-0.4, -0.2) is 5.91 Å². The van der Waals surface area contributed by atoms with E-state index in [0.717, 1.165) is 22.9 Å². The van der Waals surface area contributed by atoms with Gasteiger partial charge in [0.05, 0.1) is 0 Å². The highest BCUT2D eigenvalue weighted by molar-refractivity contribution is 6.02. The fourth-order valence-corrected chi connectivity index (χ4v) is 2.87. The molecule has 0 aliphatic rings. The van der Waals surface area contributed by atoms with E-state index in [4.69, 9.17) is 0 Å². The predicted molar refractivity (Wildman–Crippen MR) is 101 cm³/mol.